The Bertz CT molecular complexity index is 1260. The van der Waals surface area contributed by atoms with Crippen LogP contribution in [0.3, 0.4) is 0 Å². The third-order valence-electron chi connectivity index (χ3n) is 6.36. The first-order chi connectivity index (χ1) is 16.6. The van der Waals surface area contributed by atoms with Gasteiger partial charge in [0.25, 0.3) is 6.08 Å². The Labute approximate surface area is 230 Å². The van der Waals surface area contributed by atoms with Gasteiger partial charge < -0.3 is 9.03 Å². The molecule has 0 amide bonds. The third-order valence-corrected chi connectivity index (χ3v) is 8.54. The molecule has 0 saturated carbocycles. The Hall–Kier alpha value is -2.47. The van der Waals surface area contributed by atoms with Crippen LogP contribution in [-0.4, -0.2) is 26.0 Å². The average molecular weight is 538 g/mol. The van der Waals surface area contributed by atoms with Gasteiger partial charge in [0.1, 0.15) is 0 Å². The van der Waals surface area contributed by atoms with Gasteiger partial charge >= 0.3 is 8.84 Å². The molecule has 36 heavy (non-hydrogen) atoms. The van der Waals surface area contributed by atoms with Crippen molar-refractivity contribution in [3.05, 3.63) is 113 Å². The molecule has 0 heterocycles. The van der Waals surface area contributed by atoms with Crippen molar-refractivity contribution in [2.45, 2.75) is 45.7 Å². The summed E-state index contributed by atoms with van der Waals surface area (Å²) in [5.74, 6) is 0. The van der Waals surface area contributed by atoms with E-state index in [9.17, 15) is 13.2 Å². The van der Waals surface area contributed by atoms with Gasteiger partial charge in [-0.25, -0.2) is 0 Å². The third kappa shape index (κ3) is 6.44. The topological polar surface area (TPSA) is 20.3 Å². The Morgan fingerprint density at radius 2 is 1.56 bits per heavy atom. The average Bonchev–Trinajstić information content (AvgIpc) is 3.18. The molecule has 0 aliphatic heterocycles. The molecule has 0 atom stereocenters. The molecule has 0 aromatic heterocycles. The summed E-state index contributed by atoms with van der Waals surface area (Å²) in [7, 11) is -0.0734. The molecular weight excluding hydrogens is 504 g/mol. The summed E-state index contributed by atoms with van der Waals surface area (Å²) in [4.78, 5) is 0. The van der Waals surface area contributed by atoms with Crippen molar-refractivity contribution in [2.75, 3.05) is 7.05 Å². The fourth-order valence-electron chi connectivity index (χ4n) is 4.33. The minimum Gasteiger partial charge on any atom is -0.375 e. The van der Waals surface area contributed by atoms with Crippen LogP contribution in [0.25, 0.3) is 16.7 Å². The van der Waals surface area contributed by atoms with E-state index in [1.165, 1.54) is 0 Å². The smallest absolute Gasteiger partial charge is 0.375 e. The summed E-state index contributed by atoms with van der Waals surface area (Å²) >= 11 is 0. The maximum atomic E-state index is 14.1. The van der Waals surface area contributed by atoms with Gasteiger partial charge in [0.05, 0.1) is 5.57 Å². The first kappa shape index (κ1) is 29.8. The summed E-state index contributed by atoms with van der Waals surface area (Å²) in [6, 6.07) is 15.2. The van der Waals surface area contributed by atoms with Gasteiger partial charge in [-0.15, -0.1) is 0 Å². The largest absolute Gasteiger partial charge is 0.399 e. The number of hydrogen-bond donors (Lipinski definition) is 0. The molecule has 2 nitrogen and oxygen atoms in total. The molecule has 2 aromatic carbocycles. The van der Waals surface area contributed by atoms with Crippen LogP contribution < -0.4 is 0 Å². The predicted octanol–water partition coefficient (Wildman–Crippen LogP) is 8.29. The van der Waals surface area contributed by atoms with E-state index in [0.29, 0.717) is 23.6 Å². The van der Waals surface area contributed by atoms with Crippen LogP contribution >= 0.6 is 0 Å². The Kier molecular flexibility index (Phi) is 10.5. The predicted molar refractivity (Wildman–Crippen MR) is 144 cm³/mol. The molecule has 0 saturated heterocycles. The fourth-order valence-corrected chi connectivity index (χ4v) is 5.93. The number of halogens is 2. The zero-order chi connectivity index (χ0) is 25.8. The van der Waals surface area contributed by atoms with Gasteiger partial charge in [0.2, 0.25) is 0 Å². The van der Waals surface area contributed by atoms with Crippen molar-refractivity contribution in [2.24, 2.45) is 0 Å². The van der Waals surface area contributed by atoms with Crippen molar-refractivity contribution in [3.8, 4) is 0 Å². The molecule has 0 spiro atoms. The van der Waals surface area contributed by atoms with Gasteiger partial charge in [-0.2, -0.15) is 8.78 Å². The standard InChI is InChI=1S/C25H25F2NOSi.C5H8.Ti/c1-25(2,3)28(4)30(29)15-16-13-21-17-9-5-7-11-19(17)23(24(26)27)20-12-8-6-10-18(20)22(21)14-16;1-3-5-4-2;/h5-13H,14-15H2,1-4H3;3-5H,1H2,2H3;. The zero-order valence-corrected chi connectivity index (χ0v) is 24.2. The van der Waals surface area contributed by atoms with Crippen molar-refractivity contribution in [3.63, 3.8) is 0 Å². The quantitative estimate of drug-likeness (QED) is 0.289. The van der Waals surface area contributed by atoms with E-state index in [1.807, 2.05) is 55.0 Å². The summed E-state index contributed by atoms with van der Waals surface area (Å²) in [5.41, 5.74) is 5.69. The second-order valence-corrected chi connectivity index (χ2v) is 11.5. The van der Waals surface area contributed by atoms with Crippen LogP contribution in [0.4, 0.5) is 8.78 Å². The minimum absolute atomic E-state index is 0. The number of rotatable bonds is 4. The van der Waals surface area contributed by atoms with Crippen LogP contribution in [0.1, 0.15) is 56.4 Å². The van der Waals surface area contributed by atoms with E-state index in [2.05, 4.69) is 33.4 Å². The SMILES string of the molecule is C=CC=CC.CN([Si](=O)CC1=CC2=C(C1)c1ccccc1C(=C(F)F)c1ccccc12)C(C)(C)C.[Ti]. The summed E-state index contributed by atoms with van der Waals surface area (Å²) < 4.78 is 43.1. The van der Waals surface area contributed by atoms with E-state index in [-0.39, 0.29) is 32.8 Å². The van der Waals surface area contributed by atoms with Crippen LogP contribution in [0.5, 0.6) is 0 Å². The molecule has 0 unspecified atom stereocenters. The van der Waals surface area contributed by atoms with Crippen molar-refractivity contribution < 1.29 is 35.0 Å². The normalized spacial score (nSPS) is 13.9. The first-order valence-corrected chi connectivity index (χ1v) is 13.3. The molecule has 2 aromatic rings. The Morgan fingerprint density at radius 3 is 2.03 bits per heavy atom. The van der Waals surface area contributed by atoms with Crippen LogP contribution in [0, 0.1) is 0 Å². The Balaban J connectivity index is 0.000000694. The van der Waals surface area contributed by atoms with Gasteiger partial charge in [-0.05, 0) is 67.5 Å². The van der Waals surface area contributed by atoms with E-state index in [0.717, 1.165) is 27.8 Å². The van der Waals surface area contributed by atoms with Gasteiger partial charge in [-0.3, -0.25) is 0 Å². The molecule has 0 bridgehead atoms. The van der Waals surface area contributed by atoms with Crippen LogP contribution in [-0.2, 0) is 26.2 Å². The van der Waals surface area contributed by atoms with E-state index < -0.39 is 14.9 Å². The molecule has 186 valence electrons. The van der Waals surface area contributed by atoms with Gasteiger partial charge in [-0.1, -0.05) is 85.0 Å². The van der Waals surface area contributed by atoms with Crippen molar-refractivity contribution in [1.82, 2.24) is 4.57 Å². The molecule has 2 aliphatic rings. The molecule has 2 aliphatic carbocycles. The van der Waals surface area contributed by atoms with E-state index in [1.54, 1.807) is 30.3 Å². The van der Waals surface area contributed by atoms with E-state index in [4.69, 9.17) is 0 Å². The number of allylic oxidation sites excluding steroid dienone is 7. The zero-order valence-electron chi connectivity index (χ0n) is 21.7. The molecule has 4 rings (SSSR count). The number of fused-ring (bicyclic) bond motifs is 4. The molecule has 0 N–H and O–H groups in total. The molecule has 6 heteroatoms. The van der Waals surface area contributed by atoms with Crippen LogP contribution in [0.2, 0.25) is 6.04 Å². The second kappa shape index (κ2) is 12.7. The molecule has 0 radical (unpaired) electrons. The van der Waals surface area contributed by atoms with Crippen LogP contribution in [0.15, 0.2) is 91.1 Å². The maximum absolute atomic E-state index is 14.1. The Morgan fingerprint density at radius 1 is 1.03 bits per heavy atom. The summed E-state index contributed by atoms with van der Waals surface area (Å²) in [5, 5.41) is 0. The molecular formula is C30H33F2NOSiTi. The van der Waals surface area contributed by atoms with Crippen molar-refractivity contribution in [1.29, 1.82) is 0 Å². The minimum atomic E-state index is -1.98. The van der Waals surface area contributed by atoms with Gasteiger partial charge in [0, 0.05) is 40.3 Å². The summed E-state index contributed by atoms with van der Waals surface area (Å²) in [6.07, 6.45) is 6.61. The van der Waals surface area contributed by atoms with Gasteiger partial charge in [0.15, 0.2) is 0 Å². The van der Waals surface area contributed by atoms with Crippen molar-refractivity contribution >= 4 is 25.6 Å². The second-order valence-electron chi connectivity index (χ2n) is 9.66. The monoisotopic (exact) mass is 537 g/mol. The van der Waals surface area contributed by atoms with E-state index >= 15 is 0 Å². The maximum Gasteiger partial charge on any atom is 0.399 e. The number of nitrogens with zero attached hydrogens (tertiary/aromatic N) is 1. The number of benzene rings is 2. The number of hydrogen-bond acceptors (Lipinski definition) is 1. The summed E-state index contributed by atoms with van der Waals surface area (Å²) in [6.45, 7) is 11.6. The first-order valence-electron chi connectivity index (χ1n) is 11.8. The molecule has 0 fully saturated rings. The fraction of sp³-hybridized carbons (Fsp3) is 0.267.